The van der Waals surface area contributed by atoms with Crippen molar-refractivity contribution in [3.8, 4) is 11.5 Å². The van der Waals surface area contributed by atoms with Gasteiger partial charge in [-0.2, -0.15) is 0 Å². The molecular weight excluding hydrogens is 568 g/mol. The van der Waals surface area contributed by atoms with Crippen LogP contribution in [-0.4, -0.2) is 62.2 Å². The summed E-state index contributed by atoms with van der Waals surface area (Å²) >= 11 is 0. The first kappa shape index (κ1) is 31.8. The number of nitrogens with one attached hydrogen (secondary N) is 4. The maximum absolute atomic E-state index is 14.0. The van der Waals surface area contributed by atoms with Crippen molar-refractivity contribution >= 4 is 23.8 Å². The van der Waals surface area contributed by atoms with Crippen LogP contribution in [-0.2, 0) is 27.2 Å². The first-order valence-corrected chi connectivity index (χ1v) is 15.6. The molecule has 236 valence electrons. The minimum Gasteiger partial charge on any atom is -0.497 e. The van der Waals surface area contributed by atoms with Gasteiger partial charge in [-0.05, 0) is 48.6 Å². The van der Waals surface area contributed by atoms with Crippen LogP contribution in [0, 0.1) is 0 Å². The van der Waals surface area contributed by atoms with Gasteiger partial charge in [-0.15, -0.1) is 0 Å². The molecule has 2 aliphatic rings. The molecule has 4 N–H and O–H groups in total. The summed E-state index contributed by atoms with van der Waals surface area (Å²) in [6.07, 6.45) is 7.12. The van der Waals surface area contributed by atoms with Gasteiger partial charge in [-0.25, -0.2) is 0 Å². The zero-order valence-electron chi connectivity index (χ0n) is 25.7. The average Bonchev–Trinajstić information content (AvgIpc) is 3.54. The first-order chi connectivity index (χ1) is 22.0. The molecule has 2 atom stereocenters. The van der Waals surface area contributed by atoms with Gasteiger partial charge in [0.15, 0.2) is 0 Å². The molecule has 45 heavy (non-hydrogen) atoms. The number of carbonyl (C=O) groups excluding carboxylic acids is 3. The highest BCUT2D eigenvalue weighted by molar-refractivity contribution is 5.96. The normalized spacial score (nSPS) is 21.7. The molecule has 0 bridgehead atoms. The van der Waals surface area contributed by atoms with Gasteiger partial charge in [0.05, 0.1) is 13.2 Å². The molecule has 0 unspecified atom stereocenters. The van der Waals surface area contributed by atoms with E-state index in [2.05, 4.69) is 21.3 Å². The third-order valence-corrected chi connectivity index (χ3v) is 8.43. The summed E-state index contributed by atoms with van der Waals surface area (Å²) in [5, 5.41) is 12.5. The van der Waals surface area contributed by atoms with E-state index in [4.69, 9.17) is 9.47 Å². The SMILES string of the molecule is COc1ccc(C[C@@H]2NCCOc3ccccc3/C=C\CNC(=O)[C@H](Cc3ccccc3)NC(=O)C3(CCCC3)NC2=O)cc1. The number of ether oxygens (including phenoxy) is 2. The Hall–Kier alpha value is -4.63. The fourth-order valence-corrected chi connectivity index (χ4v) is 5.93. The summed E-state index contributed by atoms with van der Waals surface area (Å²) in [5.41, 5.74) is 1.65. The lowest BCUT2D eigenvalue weighted by Crippen LogP contribution is -2.63. The number of rotatable bonds is 5. The van der Waals surface area contributed by atoms with Gasteiger partial charge in [0.1, 0.15) is 29.7 Å². The molecule has 0 radical (unpaired) electrons. The fraction of sp³-hybridized carbons (Fsp3) is 0.361. The summed E-state index contributed by atoms with van der Waals surface area (Å²) in [5.74, 6) is 0.551. The summed E-state index contributed by atoms with van der Waals surface area (Å²) in [6, 6.07) is 23.4. The number of fused-ring (bicyclic) bond motifs is 1. The van der Waals surface area contributed by atoms with E-state index >= 15 is 0 Å². The first-order valence-electron chi connectivity index (χ1n) is 15.6. The van der Waals surface area contributed by atoms with E-state index in [1.54, 1.807) is 7.11 Å². The second-order valence-corrected chi connectivity index (χ2v) is 11.6. The Kier molecular flexibility index (Phi) is 10.9. The van der Waals surface area contributed by atoms with Crippen molar-refractivity contribution in [1.82, 2.24) is 21.3 Å². The van der Waals surface area contributed by atoms with Crippen LogP contribution >= 0.6 is 0 Å². The number of methoxy groups -OCH3 is 1. The molecule has 1 heterocycles. The standard InChI is InChI=1S/C36H42N4O5/c1-44-29-17-15-27(16-18-29)24-30-34(42)40-36(19-7-8-20-36)35(43)39-31(25-26-10-3-2-4-11-26)33(41)38-21-9-13-28-12-5-6-14-32(28)45-23-22-37-30/h2-6,9-18,30-31,37H,7-8,19-25H2,1H3,(H,38,41)(H,39,43)(H,40,42)/b13-9-/t30-,31-/m0/s1. The van der Waals surface area contributed by atoms with Gasteiger partial charge in [-0.3, -0.25) is 14.4 Å². The van der Waals surface area contributed by atoms with Crippen LogP contribution in [0.1, 0.15) is 42.4 Å². The highest BCUT2D eigenvalue weighted by Crippen LogP contribution is 2.30. The van der Waals surface area contributed by atoms with Crippen LogP contribution in [0.3, 0.4) is 0 Å². The summed E-state index contributed by atoms with van der Waals surface area (Å²) in [4.78, 5) is 41.5. The Balaban J connectivity index is 1.43. The summed E-state index contributed by atoms with van der Waals surface area (Å²) in [6.45, 7) is 1.03. The minimum absolute atomic E-state index is 0.267. The van der Waals surface area contributed by atoms with E-state index in [0.29, 0.717) is 44.6 Å². The summed E-state index contributed by atoms with van der Waals surface area (Å²) in [7, 11) is 1.61. The van der Waals surface area contributed by atoms with Crippen molar-refractivity contribution in [3.63, 3.8) is 0 Å². The number of benzene rings is 3. The van der Waals surface area contributed by atoms with Crippen LogP contribution in [0.4, 0.5) is 0 Å². The van der Waals surface area contributed by atoms with E-state index in [1.807, 2.05) is 91.0 Å². The summed E-state index contributed by atoms with van der Waals surface area (Å²) < 4.78 is 11.4. The van der Waals surface area contributed by atoms with Crippen LogP contribution in [0.5, 0.6) is 11.5 Å². The molecule has 5 rings (SSSR count). The minimum atomic E-state index is -1.10. The predicted octanol–water partition coefficient (Wildman–Crippen LogP) is 3.57. The third-order valence-electron chi connectivity index (χ3n) is 8.43. The smallest absolute Gasteiger partial charge is 0.246 e. The fourth-order valence-electron chi connectivity index (χ4n) is 5.93. The Morgan fingerprint density at radius 1 is 0.822 bits per heavy atom. The van der Waals surface area contributed by atoms with Crippen LogP contribution in [0.15, 0.2) is 84.9 Å². The van der Waals surface area contributed by atoms with Crippen LogP contribution in [0.2, 0.25) is 0 Å². The van der Waals surface area contributed by atoms with Crippen molar-refractivity contribution in [2.45, 2.75) is 56.1 Å². The van der Waals surface area contributed by atoms with E-state index in [1.165, 1.54) is 0 Å². The maximum Gasteiger partial charge on any atom is 0.246 e. The van der Waals surface area contributed by atoms with Gasteiger partial charge >= 0.3 is 0 Å². The molecule has 1 fully saturated rings. The molecule has 0 saturated heterocycles. The lowest BCUT2D eigenvalue weighted by Gasteiger charge is -2.33. The van der Waals surface area contributed by atoms with Crippen molar-refractivity contribution in [2.75, 3.05) is 26.8 Å². The zero-order valence-corrected chi connectivity index (χ0v) is 25.7. The van der Waals surface area contributed by atoms with Crippen LogP contribution < -0.4 is 30.7 Å². The molecular formula is C36H42N4O5. The molecule has 1 saturated carbocycles. The van der Waals surface area contributed by atoms with Crippen molar-refractivity contribution in [2.24, 2.45) is 0 Å². The molecule has 1 spiro atoms. The molecule has 3 aromatic rings. The van der Waals surface area contributed by atoms with Gasteiger partial charge < -0.3 is 30.7 Å². The largest absolute Gasteiger partial charge is 0.497 e. The van der Waals surface area contributed by atoms with Gasteiger partial charge in [-0.1, -0.05) is 85.7 Å². The van der Waals surface area contributed by atoms with E-state index in [9.17, 15) is 14.4 Å². The molecule has 1 aliphatic heterocycles. The number of hydrogen-bond donors (Lipinski definition) is 4. The average molecular weight is 611 g/mol. The molecule has 3 amide bonds. The monoisotopic (exact) mass is 610 g/mol. The Morgan fingerprint density at radius 2 is 1.51 bits per heavy atom. The third kappa shape index (κ3) is 8.51. The van der Waals surface area contributed by atoms with E-state index in [-0.39, 0.29) is 24.3 Å². The molecule has 9 nitrogen and oxygen atoms in total. The quantitative estimate of drug-likeness (QED) is 0.351. The molecule has 3 aromatic carbocycles. The highest BCUT2D eigenvalue weighted by atomic mass is 16.5. The lowest BCUT2D eigenvalue weighted by molar-refractivity contribution is -0.136. The van der Waals surface area contributed by atoms with Crippen molar-refractivity contribution < 1.29 is 23.9 Å². The van der Waals surface area contributed by atoms with Crippen molar-refractivity contribution in [1.29, 1.82) is 0 Å². The zero-order chi connectivity index (χ0) is 31.5. The topological polar surface area (TPSA) is 118 Å². The van der Waals surface area contributed by atoms with Gasteiger partial charge in [0, 0.05) is 25.1 Å². The second kappa shape index (κ2) is 15.4. The maximum atomic E-state index is 14.0. The molecule has 9 heteroatoms. The predicted molar refractivity (Wildman–Crippen MR) is 174 cm³/mol. The Bertz CT molecular complexity index is 1470. The van der Waals surface area contributed by atoms with Crippen LogP contribution in [0.25, 0.3) is 6.08 Å². The Morgan fingerprint density at radius 3 is 2.27 bits per heavy atom. The van der Waals surface area contributed by atoms with E-state index < -0.39 is 17.6 Å². The molecule has 1 aliphatic carbocycles. The number of para-hydroxylation sites is 1. The Labute approximate surface area is 264 Å². The number of hydrogen-bond acceptors (Lipinski definition) is 6. The van der Waals surface area contributed by atoms with Crippen molar-refractivity contribution in [3.05, 3.63) is 102 Å². The lowest BCUT2D eigenvalue weighted by atomic mass is 9.93. The van der Waals surface area contributed by atoms with E-state index in [0.717, 1.165) is 35.3 Å². The number of carbonyl (C=O) groups is 3. The number of amides is 3. The highest BCUT2D eigenvalue weighted by Gasteiger charge is 2.44. The second-order valence-electron chi connectivity index (χ2n) is 11.6. The van der Waals surface area contributed by atoms with Gasteiger partial charge in [0.25, 0.3) is 0 Å². The molecule has 0 aromatic heterocycles. The van der Waals surface area contributed by atoms with Gasteiger partial charge in [0.2, 0.25) is 17.7 Å².